The smallest absolute Gasteiger partial charge is 0.247 e. The van der Waals surface area contributed by atoms with E-state index in [1.54, 1.807) is 48.2 Å². The molecule has 192 valence electrons. The first-order valence-corrected chi connectivity index (χ1v) is 13.2. The number of methoxy groups -OCH3 is 1. The summed E-state index contributed by atoms with van der Waals surface area (Å²) in [6, 6.07) is 22.4. The highest BCUT2D eigenvalue weighted by Gasteiger charge is 2.13. The third kappa shape index (κ3) is 5.77. The number of pyridine rings is 1. The number of hydrogen-bond donors (Lipinski definition) is 2. The molecular formula is C28H24FN5O3S. The van der Waals surface area contributed by atoms with Crippen molar-refractivity contribution in [2.24, 2.45) is 0 Å². The lowest BCUT2D eigenvalue weighted by atomic mass is 10.1. The zero-order valence-corrected chi connectivity index (χ0v) is 21.5. The minimum atomic E-state index is -1.12. The zero-order valence-electron chi connectivity index (χ0n) is 20.6. The van der Waals surface area contributed by atoms with Gasteiger partial charge in [0.2, 0.25) is 11.9 Å². The summed E-state index contributed by atoms with van der Waals surface area (Å²) < 4.78 is 31.9. The van der Waals surface area contributed by atoms with Crippen molar-refractivity contribution >= 4 is 40.1 Å². The molecule has 1 amide bonds. The Morgan fingerprint density at radius 2 is 1.76 bits per heavy atom. The zero-order chi connectivity index (χ0) is 26.6. The van der Waals surface area contributed by atoms with Crippen LogP contribution >= 0.6 is 0 Å². The minimum Gasteiger partial charge on any atom is -0.612 e. The fraction of sp³-hybridized carbons (Fsp3) is 0.107. The molecule has 0 aliphatic rings. The SMILES string of the molecule is COc1cc([S+](C)[O-])ccc1Nc1nc2ccc(-c3ccc(NC(=O)Cc4ccc(F)cc4)cc3)cn2n1. The molecule has 8 nitrogen and oxygen atoms in total. The standard InChI is InChI=1S/C28H24FN5O3S/c1-37-25-16-23(38(2)36)12-13-24(25)31-28-32-26-14-7-20(17-34(26)33-28)19-5-10-22(11-6-19)30-27(35)15-18-3-8-21(29)9-4-18/h3-14,16-17H,15H2,1-2H3,(H,30,35)(H,31,33). The number of rotatable bonds is 8. The molecule has 0 saturated heterocycles. The first-order chi connectivity index (χ1) is 18.4. The average molecular weight is 530 g/mol. The second-order valence-corrected chi connectivity index (χ2v) is 9.91. The van der Waals surface area contributed by atoms with Gasteiger partial charge in [0.1, 0.15) is 17.8 Å². The average Bonchev–Trinajstić information content (AvgIpc) is 3.32. The molecule has 0 fully saturated rings. The number of benzene rings is 3. The molecule has 2 heterocycles. The Hall–Kier alpha value is -4.41. The highest BCUT2D eigenvalue weighted by Crippen LogP contribution is 2.30. The Balaban J connectivity index is 1.28. The fourth-order valence-corrected chi connectivity index (χ4v) is 4.45. The molecule has 10 heteroatoms. The van der Waals surface area contributed by atoms with E-state index in [1.165, 1.54) is 12.1 Å². The molecule has 0 aliphatic carbocycles. The summed E-state index contributed by atoms with van der Waals surface area (Å²) >= 11 is -1.12. The Morgan fingerprint density at radius 3 is 2.47 bits per heavy atom. The van der Waals surface area contributed by atoms with Crippen LogP contribution < -0.4 is 15.4 Å². The summed E-state index contributed by atoms with van der Waals surface area (Å²) in [7, 11) is 1.55. The minimum absolute atomic E-state index is 0.162. The van der Waals surface area contributed by atoms with Crippen molar-refractivity contribution in [3.05, 3.63) is 96.4 Å². The van der Waals surface area contributed by atoms with E-state index in [0.29, 0.717) is 33.6 Å². The van der Waals surface area contributed by atoms with Crippen molar-refractivity contribution in [3.63, 3.8) is 0 Å². The van der Waals surface area contributed by atoms with Gasteiger partial charge in [0.15, 0.2) is 10.5 Å². The van der Waals surface area contributed by atoms with E-state index in [1.807, 2.05) is 42.6 Å². The van der Waals surface area contributed by atoms with Gasteiger partial charge >= 0.3 is 0 Å². The predicted molar refractivity (Wildman–Crippen MR) is 146 cm³/mol. The van der Waals surface area contributed by atoms with Crippen LogP contribution in [-0.4, -0.2) is 38.4 Å². The number of nitrogens with one attached hydrogen (secondary N) is 2. The molecule has 0 aliphatic heterocycles. The number of anilines is 3. The molecule has 38 heavy (non-hydrogen) atoms. The summed E-state index contributed by atoms with van der Waals surface area (Å²) in [6.07, 6.45) is 3.65. The van der Waals surface area contributed by atoms with Crippen LogP contribution in [0.5, 0.6) is 5.75 Å². The number of aromatic nitrogens is 3. The van der Waals surface area contributed by atoms with Crippen molar-refractivity contribution in [3.8, 4) is 16.9 Å². The largest absolute Gasteiger partial charge is 0.612 e. The molecule has 2 aromatic heterocycles. The third-order valence-corrected chi connectivity index (χ3v) is 6.78. The molecule has 1 unspecified atom stereocenters. The maximum Gasteiger partial charge on any atom is 0.247 e. The first kappa shape index (κ1) is 25.2. The van der Waals surface area contributed by atoms with Crippen LogP contribution in [-0.2, 0) is 22.4 Å². The number of nitrogens with zero attached hydrogens (tertiary/aromatic N) is 3. The summed E-state index contributed by atoms with van der Waals surface area (Å²) in [5, 5.41) is 10.5. The van der Waals surface area contributed by atoms with E-state index < -0.39 is 11.2 Å². The molecule has 0 spiro atoms. The van der Waals surface area contributed by atoms with Crippen LogP contribution in [0.15, 0.2) is 90.0 Å². The Kier molecular flexibility index (Phi) is 7.25. The number of fused-ring (bicyclic) bond motifs is 1. The molecule has 2 N–H and O–H groups in total. The van der Waals surface area contributed by atoms with Crippen LogP contribution in [0, 0.1) is 5.82 Å². The highest BCUT2D eigenvalue weighted by molar-refractivity contribution is 7.90. The normalized spacial score (nSPS) is 11.8. The van der Waals surface area contributed by atoms with E-state index >= 15 is 0 Å². The van der Waals surface area contributed by atoms with Crippen LogP contribution in [0.3, 0.4) is 0 Å². The maximum absolute atomic E-state index is 13.1. The van der Waals surface area contributed by atoms with Crippen molar-refractivity contribution in [1.29, 1.82) is 0 Å². The van der Waals surface area contributed by atoms with Crippen molar-refractivity contribution < 1.29 is 18.5 Å². The summed E-state index contributed by atoms with van der Waals surface area (Å²) in [5.41, 5.74) is 4.59. The Bertz CT molecular complexity index is 1590. The number of carbonyl (C=O) groups excluding carboxylic acids is 1. The van der Waals surface area contributed by atoms with Gasteiger partial charge in [-0.25, -0.2) is 8.91 Å². The summed E-state index contributed by atoms with van der Waals surface area (Å²) in [4.78, 5) is 17.5. The van der Waals surface area contributed by atoms with Gasteiger partial charge in [-0.15, -0.1) is 5.10 Å². The van der Waals surface area contributed by atoms with Crippen LogP contribution in [0.4, 0.5) is 21.7 Å². The third-order valence-electron chi connectivity index (χ3n) is 5.86. The molecule has 0 bridgehead atoms. The molecule has 3 aromatic carbocycles. The molecular weight excluding hydrogens is 505 g/mol. The van der Waals surface area contributed by atoms with Gasteiger partial charge in [-0.3, -0.25) is 4.79 Å². The molecule has 0 saturated carbocycles. The number of carbonyl (C=O) groups is 1. The van der Waals surface area contributed by atoms with Crippen molar-refractivity contribution in [2.75, 3.05) is 24.0 Å². The van der Waals surface area contributed by atoms with E-state index in [2.05, 4.69) is 20.7 Å². The quantitative estimate of drug-likeness (QED) is 0.268. The number of hydrogen-bond acceptors (Lipinski definition) is 6. The van der Waals surface area contributed by atoms with Gasteiger partial charge in [0.25, 0.3) is 0 Å². The monoisotopic (exact) mass is 529 g/mol. The lowest BCUT2D eigenvalue weighted by Crippen LogP contribution is -2.14. The second kappa shape index (κ2) is 10.9. The number of amides is 1. The molecule has 5 rings (SSSR count). The van der Waals surface area contributed by atoms with Crippen LogP contribution in [0.2, 0.25) is 0 Å². The molecule has 5 aromatic rings. The van der Waals surface area contributed by atoms with Gasteiger partial charge in [-0.2, -0.15) is 4.98 Å². The van der Waals surface area contributed by atoms with E-state index in [9.17, 15) is 13.7 Å². The Labute approximate surface area is 221 Å². The predicted octanol–water partition coefficient (Wildman–Crippen LogP) is 5.21. The summed E-state index contributed by atoms with van der Waals surface area (Å²) in [6.45, 7) is 0. The van der Waals surface area contributed by atoms with Crippen molar-refractivity contribution in [2.45, 2.75) is 11.3 Å². The maximum atomic E-state index is 13.1. The fourth-order valence-electron chi connectivity index (χ4n) is 3.92. The van der Waals surface area contributed by atoms with Gasteiger partial charge in [0.05, 0.1) is 19.2 Å². The highest BCUT2D eigenvalue weighted by atomic mass is 32.2. The Morgan fingerprint density at radius 1 is 1.03 bits per heavy atom. The number of halogens is 1. The first-order valence-electron chi connectivity index (χ1n) is 11.7. The van der Waals surface area contributed by atoms with E-state index in [-0.39, 0.29) is 18.1 Å². The van der Waals surface area contributed by atoms with Crippen LogP contribution in [0.1, 0.15) is 5.56 Å². The molecule has 0 radical (unpaired) electrons. The van der Waals surface area contributed by atoms with Gasteiger partial charge in [-0.05, 0) is 70.8 Å². The lowest BCUT2D eigenvalue weighted by molar-refractivity contribution is -0.115. The van der Waals surface area contributed by atoms with Gasteiger partial charge < -0.3 is 19.9 Å². The topological polar surface area (TPSA) is 104 Å². The van der Waals surface area contributed by atoms with Gasteiger partial charge in [0, 0.05) is 23.5 Å². The number of ether oxygens (including phenoxy) is 1. The van der Waals surface area contributed by atoms with Crippen LogP contribution in [0.25, 0.3) is 16.8 Å². The van der Waals surface area contributed by atoms with E-state index in [4.69, 9.17) is 4.74 Å². The lowest BCUT2D eigenvalue weighted by Gasteiger charge is -2.11. The molecule has 1 atom stereocenters. The van der Waals surface area contributed by atoms with Crippen molar-refractivity contribution in [1.82, 2.24) is 14.6 Å². The second-order valence-electron chi connectivity index (χ2n) is 8.53. The summed E-state index contributed by atoms with van der Waals surface area (Å²) in [5.74, 6) is 0.428. The van der Waals surface area contributed by atoms with E-state index in [0.717, 1.165) is 16.7 Å². The van der Waals surface area contributed by atoms with Gasteiger partial charge in [-0.1, -0.05) is 24.3 Å².